The van der Waals surface area contributed by atoms with Crippen molar-refractivity contribution < 1.29 is 13.9 Å². The zero-order chi connectivity index (χ0) is 13.1. The maximum Gasteiger partial charge on any atom is 0.340 e. The number of aromatic nitrogens is 1. The van der Waals surface area contributed by atoms with Crippen LogP contribution < -0.4 is 0 Å². The molecule has 0 amide bonds. The topological polar surface area (TPSA) is 42.1 Å². The minimum absolute atomic E-state index is 0.306. The number of ether oxygens (including phenoxy) is 1. The summed E-state index contributed by atoms with van der Waals surface area (Å²) in [7, 11) is 0. The largest absolute Gasteiger partial charge is 0.462 e. The molecule has 0 saturated carbocycles. The number of H-pyrrole nitrogens is 1. The van der Waals surface area contributed by atoms with Gasteiger partial charge in [0.25, 0.3) is 0 Å². The van der Waals surface area contributed by atoms with E-state index < -0.39 is 0 Å². The molecule has 1 aromatic carbocycles. The lowest BCUT2D eigenvalue weighted by molar-refractivity contribution is 0.0527. The third-order valence-electron chi connectivity index (χ3n) is 2.69. The van der Waals surface area contributed by atoms with E-state index in [4.69, 9.17) is 4.74 Å². The highest BCUT2D eigenvalue weighted by atomic mass is 19.1. The average Bonchev–Trinajstić information content (AvgIpc) is 2.72. The van der Waals surface area contributed by atoms with E-state index in [1.807, 2.05) is 6.92 Å². The second-order valence-electron chi connectivity index (χ2n) is 3.95. The Balaban J connectivity index is 2.45. The van der Waals surface area contributed by atoms with E-state index in [9.17, 15) is 9.18 Å². The van der Waals surface area contributed by atoms with Crippen LogP contribution in [0.1, 0.15) is 22.8 Å². The summed E-state index contributed by atoms with van der Waals surface area (Å²) in [6.45, 7) is 3.92. The number of nitrogens with one attached hydrogen (secondary N) is 1. The Labute approximate surface area is 105 Å². The molecule has 0 spiro atoms. The Morgan fingerprint density at radius 1 is 1.33 bits per heavy atom. The summed E-state index contributed by atoms with van der Waals surface area (Å²) in [6.07, 6.45) is 1.74. The summed E-state index contributed by atoms with van der Waals surface area (Å²) >= 11 is 0. The molecule has 4 heteroatoms. The van der Waals surface area contributed by atoms with Crippen molar-refractivity contribution in [3.8, 4) is 11.3 Å². The number of halogens is 1. The first-order chi connectivity index (χ1) is 8.63. The van der Waals surface area contributed by atoms with E-state index in [-0.39, 0.29) is 11.8 Å². The second kappa shape index (κ2) is 5.04. The SMILES string of the molecule is CCOC(=O)c1c(C)c[nH]c1-c1ccc(F)cc1. The number of hydrogen-bond donors (Lipinski definition) is 1. The van der Waals surface area contributed by atoms with Gasteiger partial charge in [-0.15, -0.1) is 0 Å². The molecule has 3 nitrogen and oxygen atoms in total. The van der Waals surface area contributed by atoms with Gasteiger partial charge < -0.3 is 9.72 Å². The molecule has 0 aliphatic heterocycles. The molecule has 2 rings (SSSR count). The number of benzene rings is 1. The van der Waals surface area contributed by atoms with Gasteiger partial charge in [0.05, 0.1) is 17.9 Å². The van der Waals surface area contributed by atoms with Gasteiger partial charge in [0.2, 0.25) is 0 Å². The normalized spacial score (nSPS) is 10.4. The van der Waals surface area contributed by atoms with Crippen LogP contribution in [0, 0.1) is 12.7 Å². The van der Waals surface area contributed by atoms with Crippen LogP contribution >= 0.6 is 0 Å². The lowest BCUT2D eigenvalue weighted by Gasteiger charge is -2.05. The first-order valence-corrected chi connectivity index (χ1v) is 5.74. The quantitative estimate of drug-likeness (QED) is 0.845. The molecule has 0 bridgehead atoms. The van der Waals surface area contributed by atoms with Crippen molar-refractivity contribution in [3.63, 3.8) is 0 Å². The Morgan fingerprint density at radius 2 is 2.00 bits per heavy atom. The van der Waals surface area contributed by atoms with Gasteiger partial charge in [0.15, 0.2) is 0 Å². The third kappa shape index (κ3) is 2.27. The molecule has 0 saturated heterocycles. The predicted molar refractivity (Wildman–Crippen MR) is 66.9 cm³/mol. The van der Waals surface area contributed by atoms with E-state index in [2.05, 4.69) is 4.98 Å². The summed E-state index contributed by atoms with van der Waals surface area (Å²) in [5.74, 6) is -0.671. The van der Waals surface area contributed by atoms with Crippen LogP contribution in [0.5, 0.6) is 0 Å². The standard InChI is InChI=1S/C14H14FNO2/c1-3-18-14(17)12-9(2)8-16-13(12)10-4-6-11(15)7-5-10/h4-8,16H,3H2,1-2H3. The number of rotatable bonds is 3. The summed E-state index contributed by atoms with van der Waals surface area (Å²) in [6, 6.07) is 5.98. The monoisotopic (exact) mass is 247 g/mol. The fourth-order valence-corrected chi connectivity index (χ4v) is 1.83. The molecule has 0 radical (unpaired) electrons. The van der Waals surface area contributed by atoms with Crippen LogP contribution in [-0.4, -0.2) is 17.6 Å². The van der Waals surface area contributed by atoms with Crippen molar-refractivity contribution in [2.24, 2.45) is 0 Å². The van der Waals surface area contributed by atoms with Gasteiger partial charge in [-0.05, 0) is 49.2 Å². The van der Waals surface area contributed by atoms with Crippen LogP contribution in [0.4, 0.5) is 4.39 Å². The molecule has 0 atom stereocenters. The van der Waals surface area contributed by atoms with Crippen LogP contribution in [0.3, 0.4) is 0 Å². The zero-order valence-electron chi connectivity index (χ0n) is 10.3. The van der Waals surface area contributed by atoms with Crippen LogP contribution in [0.15, 0.2) is 30.5 Å². The third-order valence-corrected chi connectivity index (χ3v) is 2.69. The van der Waals surface area contributed by atoms with Crippen molar-refractivity contribution in [1.82, 2.24) is 4.98 Å². The number of hydrogen-bond acceptors (Lipinski definition) is 2. The Kier molecular flexibility index (Phi) is 3.46. The summed E-state index contributed by atoms with van der Waals surface area (Å²) in [5.41, 5.74) is 2.73. The van der Waals surface area contributed by atoms with E-state index in [1.54, 1.807) is 25.3 Å². The number of aromatic amines is 1. The molecule has 0 aliphatic carbocycles. The van der Waals surface area contributed by atoms with Gasteiger partial charge in [-0.1, -0.05) is 0 Å². The summed E-state index contributed by atoms with van der Waals surface area (Å²) < 4.78 is 17.9. The first kappa shape index (κ1) is 12.4. The lowest BCUT2D eigenvalue weighted by Crippen LogP contribution is -2.06. The molecule has 0 unspecified atom stereocenters. The lowest BCUT2D eigenvalue weighted by atomic mass is 10.1. The van der Waals surface area contributed by atoms with Gasteiger partial charge in [-0.25, -0.2) is 9.18 Å². The molecule has 2 aromatic rings. The highest BCUT2D eigenvalue weighted by Gasteiger charge is 2.18. The molecule has 1 heterocycles. The van der Waals surface area contributed by atoms with Crippen molar-refractivity contribution >= 4 is 5.97 Å². The predicted octanol–water partition coefficient (Wildman–Crippen LogP) is 3.31. The van der Waals surface area contributed by atoms with Gasteiger partial charge >= 0.3 is 5.97 Å². The van der Waals surface area contributed by atoms with E-state index in [0.29, 0.717) is 17.9 Å². The molecular formula is C14H14FNO2. The fraction of sp³-hybridized carbons (Fsp3) is 0.214. The average molecular weight is 247 g/mol. The molecule has 1 aromatic heterocycles. The molecule has 94 valence electrons. The van der Waals surface area contributed by atoms with Crippen LogP contribution in [0.25, 0.3) is 11.3 Å². The molecule has 0 fully saturated rings. The van der Waals surface area contributed by atoms with Crippen LogP contribution in [0.2, 0.25) is 0 Å². The van der Waals surface area contributed by atoms with Crippen molar-refractivity contribution in [2.45, 2.75) is 13.8 Å². The molecule has 1 N–H and O–H groups in total. The molecule has 0 aliphatic rings. The zero-order valence-corrected chi connectivity index (χ0v) is 10.3. The molecular weight excluding hydrogens is 233 g/mol. The number of esters is 1. The summed E-state index contributed by atoms with van der Waals surface area (Å²) in [4.78, 5) is 14.9. The first-order valence-electron chi connectivity index (χ1n) is 5.74. The Hall–Kier alpha value is -2.10. The fourth-order valence-electron chi connectivity index (χ4n) is 1.83. The van der Waals surface area contributed by atoms with Gasteiger partial charge in [-0.3, -0.25) is 0 Å². The smallest absolute Gasteiger partial charge is 0.340 e. The number of carbonyl (C=O) groups excluding carboxylic acids is 1. The van der Waals surface area contributed by atoms with E-state index >= 15 is 0 Å². The Bertz CT molecular complexity index is 558. The minimum Gasteiger partial charge on any atom is -0.462 e. The second-order valence-corrected chi connectivity index (χ2v) is 3.95. The highest BCUT2D eigenvalue weighted by Crippen LogP contribution is 2.26. The summed E-state index contributed by atoms with van der Waals surface area (Å²) in [5, 5.41) is 0. The van der Waals surface area contributed by atoms with E-state index in [1.165, 1.54) is 12.1 Å². The maximum absolute atomic E-state index is 12.9. The number of carbonyl (C=O) groups is 1. The van der Waals surface area contributed by atoms with Crippen LogP contribution in [-0.2, 0) is 4.74 Å². The van der Waals surface area contributed by atoms with E-state index in [0.717, 1.165) is 11.1 Å². The van der Waals surface area contributed by atoms with Crippen molar-refractivity contribution in [3.05, 3.63) is 47.4 Å². The Morgan fingerprint density at radius 3 is 2.61 bits per heavy atom. The number of aryl methyl sites for hydroxylation is 1. The van der Waals surface area contributed by atoms with Gasteiger partial charge in [-0.2, -0.15) is 0 Å². The van der Waals surface area contributed by atoms with Gasteiger partial charge in [0.1, 0.15) is 5.82 Å². The van der Waals surface area contributed by atoms with Crippen molar-refractivity contribution in [1.29, 1.82) is 0 Å². The highest BCUT2D eigenvalue weighted by molar-refractivity contribution is 5.98. The molecule has 18 heavy (non-hydrogen) atoms. The van der Waals surface area contributed by atoms with Crippen molar-refractivity contribution in [2.75, 3.05) is 6.61 Å². The minimum atomic E-state index is -0.365. The van der Waals surface area contributed by atoms with Gasteiger partial charge in [0, 0.05) is 6.20 Å². The maximum atomic E-state index is 12.9.